The third-order valence-electron chi connectivity index (χ3n) is 3.51. The molecule has 1 aliphatic rings. The summed E-state index contributed by atoms with van der Waals surface area (Å²) in [7, 11) is -3.38. The molecule has 1 aromatic rings. The second-order valence-electron chi connectivity index (χ2n) is 4.98. The summed E-state index contributed by atoms with van der Waals surface area (Å²) in [6.07, 6.45) is 2.97. The van der Waals surface area contributed by atoms with Crippen molar-refractivity contribution in [2.75, 3.05) is 6.54 Å². The predicted molar refractivity (Wildman–Crippen MR) is 74.3 cm³/mol. The molecule has 0 saturated heterocycles. The highest BCUT2D eigenvalue weighted by atomic mass is 32.2. The van der Waals surface area contributed by atoms with Crippen LogP contribution in [0.4, 0.5) is 0 Å². The van der Waals surface area contributed by atoms with E-state index in [0.717, 1.165) is 29.7 Å². The van der Waals surface area contributed by atoms with Crippen molar-refractivity contribution in [2.24, 2.45) is 11.7 Å². The Hall–Kier alpha value is -0.430. The minimum Gasteiger partial charge on any atom is -0.330 e. The number of thiophene rings is 1. The van der Waals surface area contributed by atoms with E-state index in [-0.39, 0.29) is 12.0 Å². The Balaban J connectivity index is 2.19. The second-order valence-corrected chi connectivity index (χ2v) is 8.15. The van der Waals surface area contributed by atoms with Gasteiger partial charge in [0.2, 0.25) is 0 Å². The van der Waals surface area contributed by atoms with Gasteiger partial charge in [0.25, 0.3) is 10.0 Å². The molecule has 4 nitrogen and oxygen atoms in total. The van der Waals surface area contributed by atoms with Crippen molar-refractivity contribution in [1.29, 1.82) is 0 Å². The fraction of sp³-hybridized carbons (Fsp3) is 0.667. The third kappa shape index (κ3) is 2.77. The van der Waals surface area contributed by atoms with E-state index < -0.39 is 10.0 Å². The van der Waals surface area contributed by atoms with Crippen molar-refractivity contribution >= 4 is 21.4 Å². The van der Waals surface area contributed by atoms with Crippen LogP contribution >= 0.6 is 11.3 Å². The molecule has 0 bridgehead atoms. The summed E-state index contributed by atoms with van der Waals surface area (Å²) in [5.74, 6) is 0.279. The zero-order valence-electron chi connectivity index (χ0n) is 10.8. The topological polar surface area (TPSA) is 72.2 Å². The maximum atomic E-state index is 12.3. The van der Waals surface area contributed by atoms with Crippen molar-refractivity contribution in [3.63, 3.8) is 0 Å². The van der Waals surface area contributed by atoms with E-state index in [1.165, 1.54) is 11.3 Å². The van der Waals surface area contributed by atoms with Crippen molar-refractivity contribution in [3.8, 4) is 0 Å². The highest BCUT2D eigenvalue weighted by Gasteiger charge is 2.31. The fourth-order valence-corrected chi connectivity index (χ4v) is 5.64. The zero-order chi connectivity index (χ0) is 13.3. The van der Waals surface area contributed by atoms with Crippen LogP contribution in [0.1, 0.15) is 29.7 Å². The molecule has 1 aromatic heterocycles. The molecule has 0 aliphatic heterocycles. The van der Waals surface area contributed by atoms with Crippen LogP contribution in [0.15, 0.2) is 10.3 Å². The Morgan fingerprint density at radius 3 is 2.72 bits per heavy atom. The van der Waals surface area contributed by atoms with Crippen LogP contribution in [0.2, 0.25) is 0 Å². The van der Waals surface area contributed by atoms with E-state index in [2.05, 4.69) is 4.72 Å². The Labute approximate surface area is 113 Å². The van der Waals surface area contributed by atoms with Gasteiger partial charge in [-0.1, -0.05) is 6.42 Å². The molecular formula is C12H20N2O2S2. The number of hydrogen-bond donors (Lipinski definition) is 2. The first kappa shape index (κ1) is 14.0. The van der Waals surface area contributed by atoms with E-state index in [1.807, 2.05) is 19.9 Å². The summed E-state index contributed by atoms with van der Waals surface area (Å²) in [4.78, 5) is 1.02. The quantitative estimate of drug-likeness (QED) is 0.887. The summed E-state index contributed by atoms with van der Waals surface area (Å²) in [5, 5.41) is 0. The van der Waals surface area contributed by atoms with E-state index in [0.29, 0.717) is 10.8 Å². The van der Waals surface area contributed by atoms with Crippen molar-refractivity contribution in [3.05, 3.63) is 16.5 Å². The van der Waals surface area contributed by atoms with Gasteiger partial charge in [0.15, 0.2) is 0 Å². The Morgan fingerprint density at radius 1 is 1.44 bits per heavy atom. The Kier molecular flexibility index (Phi) is 4.11. The van der Waals surface area contributed by atoms with Crippen molar-refractivity contribution in [1.82, 2.24) is 4.72 Å². The Bertz CT molecular complexity index is 522. The first-order valence-corrected chi connectivity index (χ1v) is 8.53. The maximum Gasteiger partial charge on any atom is 0.250 e. The van der Waals surface area contributed by atoms with Crippen LogP contribution in [0.5, 0.6) is 0 Å². The van der Waals surface area contributed by atoms with Gasteiger partial charge in [-0.2, -0.15) is 0 Å². The molecule has 0 aromatic carbocycles. The van der Waals surface area contributed by atoms with Crippen LogP contribution in [0, 0.1) is 19.8 Å². The first-order valence-electron chi connectivity index (χ1n) is 6.23. The molecule has 0 radical (unpaired) electrons. The molecule has 0 amide bonds. The van der Waals surface area contributed by atoms with E-state index in [9.17, 15) is 8.42 Å². The van der Waals surface area contributed by atoms with Gasteiger partial charge in [0.1, 0.15) is 4.21 Å². The van der Waals surface area contributed by atoms with Crippen LogP contribution < -0.4 is 10.5 Å². The molecule has 1 aliphatic carbocycles. The number of sulfonamides is 1. The Morgan fingerprint density at radius 2 is 2.17 bits per heavy atom. The largest absolute Gasteiger partial charge is 0.330 e. The smallest absolute Gasteiger partial charge is 0.250 e. The minimum absolute atomic E-state index is 0.00167. The van der Waals surface area contributed by atoms with Crippen molar-refractivity contribution in [2.45, 2.75) is 43.4 Å². The van der Waals surface area contributed by atoms with Crippen LogP contribution in [0.25, 0.3) is 0 Å². The summed E-state index contributed by atoms with van der Waals surface area (Å²) >= 11 is 1.33. The van der Waals surface area contributed by atoms with E-state index in [1.54, 1.807) is 0 Å². The summed E-state index contributed by atoms with van der Waals surface area (Å²) in [6.45, 7) is 4.32. The number of rotatable bonds is 4. The highest BCUT2D eigenvalue weighted by Crippen LogP contribution is 2.29. The summed E-state index contributed by atoms with van der Waals surface area (Å²) in [5.41, 5.74) is 6.51. The molecule has 2 unspecified atom stereocenters. The summed E-state index contributed by atoms with van der Waals surface area (Å²) in [6, 6.07) is 1.91. The maximum absolute atomic E-state index is 12.3. The lowest BCUT2D eigenvalue weighted by atomic mass is 10.1. The third-order valence-corrected chi connectivity index (χ3v) is 6.79. The lowest BCUT2D eigenvalue weighted by Crippen LogP contribution is -2.39. The zero-order valence-corrected chi connectivity index (χ0v) is 12.4. The van der Waals surface area contributed by atoms with Crippen molar-refractivity contribution < 1.29 is 8.42 Å². The number of nitrogens with one attached hydrogen (secondary N) is 1. The lowest BCUT2D eigenvalue weighted by Gasteiger charge is -2.19. The van der Waals surface area contributed by atoms with Gasteiger partial charge < -0.3 is 5.73 Å². The van der Waals surface area contributed by atoms with Crippen LogP contribution in [0.3, 0.4) is 0 Å². The second kappa shape index (κ2) is 5.28. The minimum atomic E-state index is -3.38. The number of hydrogen-bond acceptors (Lipinski definition) is 4. The molecule has 2 rings (SSSR count). The monoisotopic (exact) mass is 288 g/mol. The van der Waals surface area contributed by atoms with Gasteiger partial charge in [0, 0.05) is 10.9 Å². The molecule has 102 valence electrons. The molecule has 3 N–H and O–H groups in total. The number of nitrogens with two attached hydrogens (primary N) is 1. The van der Waals surface area contributed by atoms with E-state index >= 15 is 0 Å². The highest BCUT2D eigenvalue weighted by molar-refractivity contribution is 7.91. The predicted octanol–water partition coefficient (Wildman–Crippen LogP) is 1.77. The van der Waals surface area contributed by atoms with Gasteiger partial charge >= 0.3 is 0 Å². The lowest BCUT2D eigenvalue weighted by molar-refractivity contribution is 0.453. The van der Waals surface area contributed by atoms with Gasteiger partial charge in [-0.25, -0.2) is 13.1 Å². The molecule has 0 spiro atoms. The standard InChI is InChI=1S/C12H20N2O2S2/c1-8-6-9(2)17-12(8)18(15,16)14-11-5-3-4-10(11)7-13/h6,10-11,14H,3-5,7,13H2,1-2H3. The molecular weight excluding hydrogens is 268 g/mol. The molecule has 1 heterocycles. The molecule has 18 heavy (non-hydrogen) atoms. The van der Waals surface area contributed by atoms with Gasteiger partial charge in [-0.3, -0.25) is 0 Å². The summed E-state index contributed by atoms with van der Waals surface area (Å²) < 4.78 is 28.0. The average molecular weight is 288 g/mol. The first-order chi connectivity index (χ1) is 8.44. The number of aryl methyl sites for hydroxylation is 2. The fourth-order valence-electron chi connectivity index (χ4n) is 2.61. The van der Waals surface area contributed by atoms with Gasteiger partial charge in [-0.15, -0.1) is 11.3 Å². The molecule has 1 fully saturated rings. The SMILES string of the molecule is Cc1cc(C)c(S(=O)(=O)NC2CCCC2CN)s1. The molecule has 2 atom stereocenters. The van der Waals surface area contributed by atoms with Crippen LogP contribution in [-0.2, 0) is 10.0 Å². The molecule has 6 heteroatoms. The molecule has 1 saturated carbocycles. The normalized spacial score (nSPS) is 24.6. The van der Waals surface area contributed by atoms with Gasteiger partial charge in [0.05, 0.1) is 0 Å². The van der Waals surface area contributed by atoms with Crippen LogP contribution in [-0.4, -0.2) is 21.0 Å². The van der Waals surface area contributed by atoms with Gasteiger partial charge in [-0.05, 0) is 50.8 Å². The average Bonchev–Trinajstić information content (AvgIpc) is 2.84. The van der Waals surface area contributed by atoms with E-state index in [4.69, 9.17) is 5.73 Å².